The molecule has 1 unspecified atom stereocenters. The van der Waals surface area contributed by atoms with Crippen molar-refractivity contribution < 1.29 is 14.0 Å². The van der Waals surface area contributed by atoms with Crippen LogP contribution >= 0.6 is 0 Å². The van der Waals surface area contributed by atoms with Gasteiger partial charge in [0.15, 0.2) is 0 Å². The Hall–Kier alpha value is -2.76. The van der Waals surface area contributed by atoms with E-state index in [0.29, 0.717) is 6.54 Å². The molecule has 0 aliphatic carbocycles. The third kappa shape index (κ3) is 5.99. The van der Waals surface area contributed by atoms with E-state index in [2.05, 4.69) is 10.6 Å². The molecule has 0 radical (unpaired) electrons. The van der Waals surface area contributed by atoms with E-state index in [1.165, 1.54) is 0 Å². The van der Waals surface area contributed by atoms with Crippen LogP contribution < -0.4 is 10.6 Å². The van der Waals surface area contributed by atoms with Gasteiger partial charge in [-0.15, -0.1) is 0 Å². The van der Waals surface area contributed by atoms with Crippen molar-refractivity contribution in [3.8, 4) is 0 Å². The highest BCUT2D eigenvalue weighted by Crippen LogP contribution is 2.16. The molecule has 25 heavy (non-hydrogen) atoms. The number of urea groups is 1. The predicted octanol–water partition coefficient (Wildman–Crippen LogP) is 2.38. The van der Waals surface area contributed by atoms with E-state index >= 15 is 0 Å². The molecule has 0 saturated carbocycles. The lowest BCUT2D eigenvalue weighted by atomic mass is 9.98. The summed E-state index contributed by atoms with van der Waals surface area (Å²) in [7, 11) is 3.43. The zero-order chi connectivity index (χ0) is 18.1. The maximum atomic E-state index is 12.4. The SMILES string of the molecule is CN(C)C(=O)C(CNC(=O)NCCCc1ccco1)c1ccccc1. The highest BCUT2D eigenvalue weighted by molar-refractivity contribution is 5.84. The van der Waals surface area contributed by atoms with Gasteiger partial charge in [0, 0.05) is 33.6 Å². The first-order valence-corrected chi connectivity index (χ1v) is 8.38. The Bertz CT molecular complexity index is 654. The largest absolute Gasteiger partial charge is 0.469 e. The highest BCUT2D eigenvalue weighted by Gasteiger charge is 2.22. The van der Waals surface area contributed by atoms with E-state index in [1.54, 1.807) is 25.3 Å². The molecule has 0 saturated heterocycles. The number of furan rings is 1. The fourth-order valence-electron chi connectivity index (χ4n) is 2.52. The van der Waals surface area contributed by atoms with Crippen molar-refractivity contribution in [3.05, 3.63) is 60.1 Å². The van der Waals surface area contributed by atoms with Crippen molar-refractivity contribution in [1.82, 2.24) is 15.5 Å². The Kier molecular flexibility index (Phi) is 7.07. The maximum Gasteiger partial charge on any atom is 0.314 e. The van der Waals surface area contributed by atoms with Crippen LogP contribution in [0.1, 0.15) is 23.7 Å². The molecule has 0 spiro atoms. The molecule has 6 heteroatoms. The van der Waals surface area contributed by atoms with Crippen molar-refractivity contribution in [2.24, 2.45) is 0 Å². The number of carbonyl (C=O) groups excluding carboxylic acids is 2. The molecule has 6 nitrogen and oxygen atoms in total. The number of rotatable bonds is 8. The molecule has 0 aliphatic rings. The van der Waals surface area contributed by atoms with Crippen LogP contribution in [-0.4, -0.2) is 44.0 Å². The van der Waals surface area contributed by atoms with Gasteiger partial charge < -0.3 is 20.0 Å². The second-order valence-electron chi connectivity index (χ2n) is 6.02. The lowest BCUT2D eigenvalue weighted by Crippen LogP contribution is -2.41. The molecule has 1 aromatic heterocycles. The summed E-state index contributed by atoms with van der Waals surface area (Å²) in [5, 5.41) is 5.59. The van der Waals surface area contributed by atoms with E-state index in [4.69, 9.17) is 4.42 Å². The normalized spacial score (nSPS) is 11.6. The minimum Gasteiger partial charge on any atom is -0.469 e. The van der Waals surface area contributed by atoms with Crippen LogP contribution in [0.25, 0.3) is 0 Å². The lowest BCUT2D eigenvalue weighted by molar-refractivity contribution is -0.130. The molecule has 134 valence electrons. The second kappa shape index (κ2) is 9.52. The number of benzene rings is 1. The Morgan fingerprint density at radius 2 is 1.84 bits per heavy atom. The number of hydrogen-bond donors (Lipinski definition) is 2. The van der Waals surface area contributed by atoms with Crippen molar-refractivity contribution in [2.75, 3.05) is 27.2 Å². The number of likely N-dealkylation sites (N-methyl/N-ethyl adjacent to an activating group) is 1. The molecule has 0 fully saturated rings. The molecule has 2 aromatic rings. The van der Waals surface area contributed by atoms with Crippen LogP contribution in [0.3, 0.4) is 0 Å². The summed E-state index contributed by atoms with van der Waals surface area (Å²) in [6.07, 6.45) is 3.21. The number of aryl methyl sites for hydroxylation is 1. The lowest BCUT2D eigenvalue weighted by Gasteiger charge is -2.21. The summed E-state index contributed by atoms with van der Waals surface area (Å²) in [6, 6.07) is 13.0. The van der Waals surface area contributed by atoms with Gasteiger partial charge in [0.2, 0.25) is 5.91 Å². The minimum absolute atomic E-state index is 0.0377. The fraction of sp³-hybridized carbons (Fsp3) is 0.368. The quantitative estimate of drug-likeness (QED) is 0.723. The third-order valence-electron chi connectivity index (χ3n) is 3.87. The van der Waals surface area contributed by atoms with Gasteiger partial charge in [0.25, 0.3) is 0 Å². The van der Waals surface area contributed by atoms with Gasteiger partial charge in [-0.2, -0.15) is 0 Å². The summed E-state index contributed by atoms with van der Waals surface area (Å²) < 4.78 is 5.25. The first-order chi connectivity index (χ1) is 12.1. The van der Waals surface area contributed by atoms with Gasteiger partial charge in [-0.3, -0.25) is 4.79 Å². The van der Waals surface area contributed by atoms with E-state index < -0.39 is 5.92 Å². The average molecular weight is 343 g/mol. The van der Waals surface area contributed by atoms with Gasteiger partial charge in [-0.1, -0.05) is 30.3 Å². The monoisotopic (exact) mass is 343 g/mol. The maximum absolute atomic E-state index is 12.4. The van der Waals surface area contributed by atoms with E-state index in [0.717, 1.165) is 24.2 Å². The van der Waals surface area contributed by atoms with Crippen LogP contribution in [0, 0.1) is 0 Å². The summed E-state index contributed by atoms with van der Waals surface area (Å²) in [5.74, 6) is 0.470. The van der Waals surface area contributed by atoms with Gasteiger partial charge in [-0.05, 0) is 24.1 Å². The van der Waals surface area contributed by atoms with Crippen molar-refractivity contribution in [3.63, 3.8) is 0 Å². The topological polar surface area (TPSA) is 74.6 Å². The summed E-state index contributed by atoms with van der Waals surface area (Å²) in [5.41, 5.74) is 0.888. The Balaban J connectivity index is 1.79. The molecule has 2 N–H and O–H groups in total. The van der Waals surface area contributed by atoms with Crippen LogP contribution in [0.15, 0.2) is 53.1 Å². The Labute approximate surface area is 148 Å². The van der Waals surface area contributed by atoms with Crippen LogP contribution in [0.4, 0.5) is 4.79 Å². The van der Waals surface area contributed by atoms with Gasteiger partial charge >= 0.3 is 6.03 Å². The standard InChI is InChI=1S/C19H25N3O3/c1-22(2)18(23)17(15-8-4-3-5-9-15)14-21-19(24)20-12-6-10-16-11-7-13-25-16/h3-5,7-9,11,13,17H,6,10,12,14H2,1-2H3,(H2,20,21,24). The van der Waals surface area contributed by atoms with Crippen LogP contribution in [0.2, 0.25) is 0 Å². The fourth-order valence-corrected chi connectivity index (χ4v) is 2.52. The Morgan fingerprint density at radius 3 is 2.48 bits per heavy atom. The van der Waals surface area contributed by atoms with Crippen molar-refractivity contribution in [2.45, 2.75) is 18.8 Å². The van der Waals surface area contributed by atoms with Gasteiger partial charge in [0.1, 0.15) is 5.76 Å². The molecule has 1 aromatic carbocycles. The number of amides is 3. The van der Waals surface area contributed by atoms with Crippen molar-refractivity contribution >= 4 is 11.9 Å². The molecule has 0 bridgehead atoms. The van der Waals surface area contributed by atoms with E-state index in [-0.39, 0.29) is 18.5 Å². The smallest absolute Gasteiger partial charge is 0.314 e. The molecule has 3 amide bonds. The summed E-state index contributed by atoms with van der Waals surface area (Å²) >= 11 is 0. The molecular weight excluding hydrogens is 318 g/mol. The molecule has 1 heterocycles. The van der Waals surface area contributed by atoms with Gasteiger partial charge in [-0.25, -0.2) is 4.79 Å². The molecule has 2 rings (SSSR count). The van der Waals surface area contributed by atoms with E-state index in [1.807, 2.05) is 42.5 Å². The Morgan fingerprint density at radius 1 is 1.08 bits per heavy atom. The van der Waals surface area contributed by atoms with Crippen molar-refractivity contribution in [1.29, 1.82) is 0 Å². The average Bonchev–Trinajstić information content (AvgIpc) is 3.13. The first kappa shape index (κ1) is 18.6. The van der Waals surface area contributed by atoms with Gasteiger partial charge in [0.05, 0.1) is 12.2 Å². The van der Waals surface area contributed by atoms with Crippen LogP contribution in [-0.2, 0) is 11.2 Å². The predicted molar refractivity (Wildman–Crippen MR) is 96.3 cm³/mol. The second-order valence-corrected chi connectivity index (χ2v) is 6.02. The number of nitrogens with one attached hydrogen (secondary N) is 2. The zero-order valence-electron chi connectivity index (χ0n) is 14.7. The first-order valence-electron chi connectivity index (χ1n) is 8.38. The summed E-state index contributed by atoms with van der Waals surface area (Å²) in [6.45, 7) is 0.801. The third-order valence-corrected chi connectivity index (χ3v) is 3.87. The van der Waals surface area contributed by atoms with Crippen LogP contribution in [0.5, 0.6) is 0 Å². The zero-order valence-corrected chi connectivity index (χ0v) is 14.7. The minimum atomic E-state index is -0.398. The summed E-state index contributed by atoms with van der Waals surface area (Å²) in [4.78, 5) is 25.9. The number of carbonyl (C=O) groups is 2. The molecule has 0 aliphatic heterocycles. The number of hydrogen-bond acceptors (Lipinski definition) is 3. The number of nitrogens with zero attached hydrogens (tertiary/aromatic N) is 1. The van der Waals surface area contributed by atoms with E-state index in [9.17, 15) is 9.59 Å². The highest BCUT2D eigenvalue weighted by atomic mass is 16.3. The molecular formula is C19H25N3O3. The molecule has 1 atom stereocenters.